The molecule has 0 fully saturated rings. The van der Waals surface area contributed by atoms with E-state index < -0.39 is 0 Å². The Morgan fingerprint density at radius 3 is 2.94 bits per heavy atom. The highest BCUT2D eigenvalue weighted by Crippen LogP contribution is 2.25. The summed E-state index contributed by atoms with van der Waals surface area (Å²) in [7, 11) is 0. The van der Waals surface area contributed by atoms with Crippen molar-refractivity contribution in [2.24, 2.45) is 5.73 Å². The zero-order chi connectivity index (χ0) is 13.1. The molecule has 1 unspecified atom stereocenters. The zero-order valence-corrected chi connectivity index (χ0v) is 12.9. The molecular weight excluding hydrogens is 337 g/mol. The first-order valence-corrected chi connectivity index (χ1v) is 7.24. The summed E-state index contributed by atoms with van der Waals surface area (Å²) in [4.78, 5) is 4.42. The Labute approximate surface area is 122 Å². The number of hydrogen-bond acceptors (Lipinski definition) is 2. The minimum absolute atomic E-state index is 0.154. The normalized spacial score (nSPS) is 12.7. The number of benzene rings is 1. The molecule has 2 N–H and O–H groups in total. The van der Waals surface area contributed by atoms with Crippen molar-refractivity contribution in [3.63, 3.8) is 0 Å². The quantitative estimate of drug-likeness (QED) is 0.856. The van der Waals surface area contributed by atoms with Crippen LogP contribution < -0.4 is 5.73 Å². The maximum absolute atomic E-state index is 6.37. The van der Waals surface area contributed by atoms with E-state index in [9.17, 15) is 0 Å². The van der Waals surface area contributed by atoms with Crippen LogP contribution in [0.2, 0.25) is 0 Å². The average molecular weight is 355 g/mol. The van der Waals surface area contributed by atoms with Gasteiger partial charge in [-0.2, -0.15) is 0 Å². The fourth-order valence-electron chi connectivity index (χ4n) is 2.08. The molecule has 0 radical (unpaired) electrons. The number of hydrogen-bond donors (Lipinski definition) is 1. The van der Waals surface area contributed by atoms with Gasteiger partial charge >= 0.3 is 0 Å². The van der Waals surface area contributed by atoms with Gasteiger partial charge < -0.3 is 10.3 Å². The summed E-state index contributed by atoms with van der Waals surface area (Å²) < 4.78 is 3.37. The molecule has 4 heteroatoms. The highest BCUT2D eigenvalue weighted by atomic mass is 127. The van der Waals surface area contributed by atoms with Gasteiger partial charge in [-0.3, -0.25) is 0 Å². The van der Waals surface area contributed by atoms with Crippen LogP contribution in [0.15, 0.2) is 30.6 Å². The monoisotopic (exact) mass is 355 g/mol. The van der Waals surface area contributed by atoms with Crippen molar-refractivity contribution in [2.75, 3.05) is 0 Å². The van der Waals surface area contributed by atoms with Gasteiger partial charge in [0.15, 0.2) is 0 Å². The van der Waals surface area contributed by atoms with Crippen LogP contribution in [-0.4, -0.2) is 9.55 Å². The molecule has 0 aliphatic heterocycles. The second-order valence-electron chi connectivity index (χ2n) is 4.43. The van der Waals surface area contributed by atoms with Crippen LogP contribution in [0.1, 0.15) is 36.3 Å². The lowest BCUT2D eigenvalue weighted by Gasteiger charge is -2.16. The molecular formula is C14H18IN3. The van der Waals surface area contributed by atoms with Gasteiger partial charge in [0, 0.05) is 22.5 Å². The van der Waals surface area contributed by atoms with Crippen LogP contribution in [0.5, 0.6) is 0 Å². The summed E-state index contributed by atoms with van der Waals surface area (Å²) in [6.45, 7) is 5.23. The summed E-state index contributed by atoms with van der Waals surface area (Å²) in [6, 6.07) is 6.10. The van der Waals surface area contributed by atoms with Crippen LogP contribution >= 0.6 is 22.6 Å². The molecule has 0 aliphatic carbocycles. The third-order valence-corrected chi connectivity index (χ3v) is 4.52. The Morgan fingerprint density at radius 2 is 2.22 bits per heavy atom. The number of imidazole rings is 1. The van der Waals surface area contributed by atoms with Crippen LogP contribution in [0.4, 0.5) is 0 Å². The summed E-state index contributed by atoms with van der Waals surface area (Å²) in [5, 5.41) is 0. The second kappa shape index (κ2) is 5.84. The van der Waals surface area contributed by atoms with Gasteiger partial charge in [-0.05, 0) is 47.1 Å². The molecule has 0 saturated heterocycles. The maximum atomic E-state index is 6.37. The molecule has 0 bridgehead atoms. The Balaban J connectivity index is 2.38. The van der Waals surface area contributed by atoms with Crippen LogP contribution in [-0.2, 0) is 6.54 Å². The van der Waals surface area contributed by atoms with E-state index >= 15 is 0 Å². The molecule has 96 valence electrons. The Kier molecular flexibility index (Phi) is 4.40. The highest BCUT2D eigenvalue weighted by molar-refractivity contribution is 14.1. The van der Waals surface area contributed by atoms with E-state index in [0.717, 1.165) is 24.4 Å². The minimum Gasteiger partial charge on any atom is -0.333 e. The third-order valence-electron chi connectivity index (χ3n) is 3.05. The van der Waals surface area contributed by atoms with Gasteiger partial charge in [0.2, 0.25) is 0 Å². The largest absolute Gasteiger partial charge is 0.333 e. The number of nitrogens with two attached hydrogens (primary N) is 1. The third kappa shape index (κ3) is 2.59. The smallest absolute Gasteiger partial charge is 0.130 e. The molecule has 1 aromatic carbocycles. The van der Waals surface area contributed by atoms with Crippen molar-refractivity contribution in [1.29, 1.82) is 0 Å². The molecule has 18 heavy (non-hydrogen) atoms. The summed E-state index contributed by atoms with van der Waals surface area (Å²) in [6.07, 6.45) is 4.91. The van der Waals surface area contributed by atoms with Crippen LogP contribution in [0, 0.1) is 10.5 Å². The van der Waals surface area contributed by atoms with E-state index in [1.54, 1.807) is 0 Å². The predicted molar refractivity (Wildman–Crippen MR) is 82.4 cm³/mol. The first-order chi connectivity index (χ1) is 8.65. The first-order valence-electron chi connectivity index (χ1n) is 6.16. The summed E-state index contributed by atoms with van der Waals surface area (Å²) >= 11 is 2.36. The van der Waals surface area contributed by atoms with E-state index in [4.69, 9.17) is 5.73 Å². The first kappa shape index (κ1) is 13.5. The molecule has 2 rings (SSSR count). The lowest BCUT2D eigenvalue weighted by Crippen LogP contribution is -2.19. The number of rotatable bonds is 4. The molecule has 1 aromatic heterocycles. The molecule has 2 aromatic rings. The van der Waals surface area contributed by atoms with Gasteiger partial charge in [0.1, 0.15) is 5.82 Å². The molecule has 0 saturated carbocycles. The van der Waals surface area contributed by atoms with E-state index in [0.29, 0.717) is 0 Å². The van der Waals surface area contributed by atoms with Crippen LogP contribution in [0.3, 0.4) is 0 Å². The van der Waals surface area contributed by atoms with Crippen molar-refractivity contribution in [3.05, 3.63) is 51.1 Å². The number of nitrogens with zero attached hydrogens (tertiary/aromatic N) is 2. The van der Waals surface area contributed by atoms with Gasteiger partial charge in [-0.1, -0.05) is 25.1 Å². The number of aromatic nitrogens is 2. The van der Waals surface area contributed by atoms with Crippen molar-refractivity contribution in [1.82, 2.24) is 9.55 Å². The fraction of sp³-hybridized carbons (Fsp3) is 0.357. The van der Waals surface area contributed by atoms with Gasteiger partial charge in [-0.15, -0.1) is 0 Å². The van der Waals surface area contributed by atoms with Crippen LogP contribution in [0.25, 0.3) is 0 Å². The number of aryl methyl sites for hydroxylation is 2. The van der Waals surface area contributed by atoms with Gasteiger partial charge in [0.05, 0.1) is 6.04 Å². The van der Waals surface area contributed by atoms with Crippen molar-refractivity contribution < 1.29 is 0 Å². The lowest BCUT2D eigenvalue weighted by molar-refractivity contribution is 0.612. The van der Waals surface area contributed by atoms with Crippen molar-refractivity contribution in [3.8, 4) is 0 Å². The predicted octanol–water partition coefficient (Wildman–Crippen LogP) is 3.25. The molecule has 1 heterocycles. The molecule has 0 aliphatic rings. The van der Waals surface area contributed by atoms with E-state index in [1.807, 2.05) is 12.4 Å². The Morgan fingerprint density at radius 1 is 1.44 bits per heavy atom. The van der Waals surface area contributed by atoms with Crippen molar-refractivity contribution in [2.45, 2.75) is 32.9 Å². The Hall–Kier alpha value is -0.880. The van der Waals surface area contributed by atoms with E-state index in [1.165, 1.54) is 9.13 Å². The van der Waals surface area contributed by atoms with Crippen molar-refractivity contribution >= 4 is 22.6 Å². The van der Waals surface area contributed by atoms with E-state index in [2.05, 4.69) is 64.2 Å². The number of halogens is 1. The van der Waals surface area contributed by atoms with Gasteiger partial charge in [0.25, 0.3) is 0 Å². The summed E-state index contributed by atoms with van der Waals surface area (Å²) in [5.74, 6) is 0.945. The average Bonchev–Trinajstić information content (AvgIpc) is 2.80. The second-order valence-corrected chi connectivity index (χ2v) is 5.51. The highest BCUT2D eigenvalue weighted by Gasteiger charge is 2.17. The van der Waals surface area contributed by atoms with E-state index in [-0.39, 0.29) is 6.04 Å². The minimum atomic E-state index is -0.154. The molecule has 0 spiro atoms. The lowest BCUT2D eigenvalue weighted by atomic mass is 10.0. The Bertz CT molecular complexity index is 534. The van der Waals surface area contributed by atoms with Gasteiger partial charge in [-0.25, -0.2) is 4.98 Å². The maximum Gasteiger partial charge on any atom is 0.130 e. The topological polar surface area (TPSA) is 43.8 Å². The molecule has 0 amide bonds. The standard InChI is InChI=1S/C14H18IN3/c1-3-8-18-9-7-17-14(18)13(16)11-6-4-5-10(2)12(11)15/h4-7,9,13H,3,8,16H2,1-2H3. The molecule has 3 nitrogen and oxygen atoms in total. The fourth-order valence-corrected chi connectivity index (χ4v) is 2.77. The summed E-state index contributed by atoms with van der Waals surface area (Å²) in [5.41, 5.74) is 8.79. The zero-order valence-electron chi connectivity index (χ0n) is 10.7. The molecule has 1 atom stereocenters. The SMILES string of the molecule is CCCn1ccnc1C(N)c1cccc(C)c1I.